The first kappa shape index (κ1) is 21.6. The fraction of sp³-hybridized carbons (Fsp3) is 0.391. The van der Waals surface area contributed by atoms with Crippen molar-refractivity contribution < 1.29 is 14.3 Å². The van der Waals surface area contributed by atoms with E-state index < -0.39 is 0 Å². The van der Waals surface area contributed by atoms with Gasteiger partial charge in [0.05, 0.1) is 6.54 Å². The number of benzene rings is 2. The van der Waals surface area contributed by atoms with Gasteiger partial charge in [-0.1, -0.05) is 29.8 Å². The number of guanidine groups is 1. The van der Waals surface area contributed by atoms with Crippen molar-refractivity contribution in [2.45, 2.75) is 32.4 Å². The Morgan fingerprint density at radius 3 is 2.77 bits per heavy atom. The van der Waals surface area contributed by atoms with Crippen LogP contribution in [-0.2, 0) is 16.1 Å². The number of nitrogens with one attached hydrogen (secondary N) is 3. The summed E-state index contributed by atoms with van der Waals surface area (Å²) in [7, 11) is 1.73. The van der Waals surface area contributed by atoms with Gasteiger partial charge in [-0.2, -0.15) is 0 Å². The highest BCUT2D eigenvalue weighted by Crippen LogP contribution is 2.16. The smallest absolute Gasteiger partial charge is 0.253 e. The summed E-state index contributed by atoms with van der Waals surface area (Å²) in [6.45, 7) is 4.46. The molecular formula is C23H30N4O3. The van der Waals surface area contributed by atoms with Crippen molar-refractivity contribution in [3.8, 4) is 5.75 Å². The van der Waals surface area contributed by atoms with Crippen molar-refractivity contribution in [1.29, 1.82) is 0 Å². The van der Waals surface area contributed by atoms with E-state index in [1.54, 1.807) is 7.05 Å². The van der Waals surface area contributed by atoms with E-state index in [1.165, 1.54) is 5.56 Å². The molecule has 1 unspecified atom stereocenters. The van der Waals surface area contributed by atoms with Crippen LogP contribution < -0.4 is 20.7 Å². The number of aliphatic imine (C=N–C) groups is 1. The van der Waals surface area contributed by atoms with Crippen LogP contribution in [0.2, 0.25) is 0 Å². The summed E-state index contributed by atoms with van der Waals surface area (Å²) >= 11 is 0. The van der Waals surface area contributed by atoms with E-state index in [1.807, 2.05) is 48.5 Å². The average Bonchev–Trinajstić information content (AvgIpc) is 3.30. The van der Waals surface area contributed by atoms with Crippen LogP contribution in [0.5, 0.6) is 5.75 Å². The minimum atomic E-state index is -0.336. The van der Waals surface area contributed by atoms with Gasteiger partial charge in [-0.05, 0) is 49.6 Å². The highest BCUT2D eigenvalue weighted by Gasteiger charge is 2.23. The van der Waals surface area contributed by atoms with Crippen molar-refractivity contribution in [2.75, 3.05) is 32.1 Å². The maximum atomic E-state index is 12.2. The van der Waals surface area contributed by atoms with E-state index in [0.717, 1.165) is 29.8 Å². The van der Waals surface area contributed by atoms with Gasteiger partial charge < -0.3 is 25.4 Å². The monoisotopic (exact) mass is 410 g/mol. The first-order valence-corrected chi connectivity index (χ1v) is 10.3. The molecule has 1 aliphatic rings. The topological polar surface area (TPSA) is 84.0 Å². The Hall–Kier alpha value is -3.06. The van der Waals surface area contributed by atoms with E-state index in [9.17, 15) is 4.79 Å². The number of amides is 1. The third-order valence-electron chi connectivity index (χ3n) is 4.78. The molecule has 7 nitrogen and oxygen atoms in total. The van der Waals surface area contributed by atoms with Crippen LogP contribution >= 0.6 is 0 Å². The first-order chi connectivity index (χ1) is 14.6. The molecule has 1 atom stereocenters. The number of nitrogens with zero attached hydrogens (tertiary/aromatic N) is 1. The number of carbonyl (C=O) groups is 1. The number of ether oxygens (including phenoxy) is 2. The molecule has 0 saturated carbocycles. The molecule has 1 saturated heterocycles. The van der Waals surface area contributed by atoms with Gasteiger partial charge >= 0.3 is 0 Å². The van der Waals surface area contributed by atoms with Crippen LogP contribution in [0.4, 0.5) is 5.69 Å². The standard InChI is InChI=1S/C23H30N4O3/c1-17-8-10-20(11-9-17)29-14-12-25-23(24-2)26-16-18-5-3-6-19(15-18)27-22(28)21-7-4-13-30-21/h3,5-6,8-11,15,21H,4,7,12-14,16H2,1-2H3,(H,27,28)(H2,24,25,26). The summed E-state index contributed by atoms with van der Waals surface area (Å²) in [4.78, 5) is 16.4. The molecule has 1 fully saturated rings. The molecule has 3 N–H and O–H groups in total. The fourth-order valence-corrected chi connectivity index (χ4v) is 3.15. The molecule has 1 aliphatic heterocycles. The van der Waals surface area contributed by atoms with Crippen LogP contribution in [0, 0.1) is 6.92 Å². The highest BCUT2D eigenvalue weighted by atomic mass is 16.5. The Morgan fingerprint density at radius 1 is 1.20 bits per heavy atom. The van der Waals surface area contributed by atoms with Crippen molar-refractivity contribution in [1.82, 2.24) is 10.6 Å². The van der Waals surface area contributed by atoms with Gasteiger partial charge in [-0.25, -0.2) is 0 Å². The van der Waals surface area contributed by atoms with E-state index in [4.69, 9.17) is 9.47 Å². The summed E-state index contributed by atoms with van der Waals surface area (Å²) in [5.74, 6) is 1.46. The van der Waals surface area contributed by atoms with E-state index >= 15 is 0 Å². The summed E-state index contributed by atoms with van der Waals surface area (Å²) < 4.78 is 11.2. The Morgan fingerprint density at radius 2 is 2.03 bits per heavy atom. The Bertz CT molecular complexity index is 846. The summed E-state index contributed by atoms with van der Waals surface area (Å²) in [5, 5.41) is 9.44. The second-order valence-electron chi connectivity index (χ2n) is 7.21. The molecular weight excluding hydrogens is 380 g/mol. The molecule has 0 aromatic heterocycles. The van der Waals surface area contributed by atoms with Gasteiger partial charge in [0.1, 0.15) is 18.5 Å². The van der Waals surface area contributed by atoms with Gasteiger partial charge in [0, 0.05) is 25.9 Å². The lowest BCUT2D eigenvalue weighted by Gasteiger charge is -2.14. The van der Waals surface area contributed by atoms with Gasteiger partial charge in [-0.3, -0.25) is 9.79 Å². The third-order valence-corrected chi connectivity index (χ3v) is 4.78. The Labute approximate surface area is 177 Å². The molecule has 30 heavy (non-hydrogen) atoms. The van der Waals surface area contributed by atoms with E-state index in [-0.39, 0.29) is 12.0 Å². The minimum Gasteiger partial charge on any atom is -0.492 e. The van der Waals surface area contributed by atoms with Crippen molar-refractivity contribution in [3.05, 3.63) is 59.7 Å². The van der Waals surface area contributed by atoms with Gasteiger partial charge in [0.25, 0.3) is 5.91 Å². The molecule has 0 radical (unpaired) electrons. The number of rotatable bonds is 8. The van der Waals surface area contributed by atoms with Crippen LogP contribution in [0.15, 0.2) is 53.5 Å². The molecule has 0 bridgehead atoms. The largest absolute Gasteiger partial charge is 0.492 e. The maximum absolute atomic E-state index is 12.2. The van der Waals surface area contributed by atoms with Crippen molar-refractivity contribution in [3.63, 3.8) is 0 Å². The molecule has 7 heteroatoms. The minimum absolute atomic E-state index is 0.0799. The summed E-state index contributed by atoms with van der Waals surface area (Å²) in [5.41, 5.74) is 3.02. The zero-order valence-corrected chi connectivity index (χ0v) is 17.6. The zero-order chi connectivity index (χ0) is 21.2. The van der Waals surface area contributed by atoms with Gasteiger partial charge in [0.15, 0.2) is 5.96 Å². The summed E-state index contributed by atoms with van der Waals surface area (Å²) in [6.07, 6.45) is 1.38. The van der Waals surface area contributed by atoms with Gasteiger partial charge in [0.2, 0.25) is 0 Å². The van der Waals surface area contributed by atoms with Crippen LogP contribution in [0.3, 0.4) is 0 Å². The van der Waals surface area contributed by atoms with Crippen LogP contribution in [0.25, 0.3) is 0 Å². The van der Waals surface area contributed by atoms with Crippen LogP contribution in [0.1, 0.15) is 24.0 Å². The molecule has 2 aromatic rings. The SMILES string of the molecule is CN=C(NCCOc1ccc(C)cc1)NCc1cccc(NC(=O)C2CCCO2)c1. The lowest BCUT2D eigenvalue weighted by Crippen LogP contribution is -2.38. The third kappa shape index (κ3) is 6.77. The van der Waals surface area contributed by atoms with Crippen LogP contribution in [-0.4, -0.2) is 44.8 Å². The Balaban J connectivity index is 1.40. The fourth-order valence-electron chi connectivity index (χ4n) is 3.15. The lowest BCUT2D eigenvalue weighted by atomic mass is 10.2. The molecule has 0 aliphatic carbocycles. The van der Waals surface area contributed by atoms with E-state index in [2.05, 4.69) is 27.9 Å². The molecule has 160 valence electrons. The molecule has 3 rings (SSSR count). The number of aryl methyl sites for hydroxylation is 1. The number of anilines is 1. The predicted molar refractivity (Wildman–Crippen MR) is 119 cm³/mol. The molecule has 0 spiro atoms. The second-order valence-corrected chi connectivity index (χ2v) is 7.21. The number of hydrogen-bond acceptors (Lipinski definition) is 4. The zero-order valence-electron chi connectivity index (χ0n) is 17.6. The van der Waals surface area contributed by atoms with E-state index in [0.29, 0.717) is 32.3 Å². The average molecular weight is 411 g/mol. The molecule has 2 aromatic carbocycles. The molecule has 1 amide bonds. The normalized spacial score (nSPS) is 16.2. The number of hydrogen-bond donors (Lipinski definition) is 3. The van der Waals surface area contributed by atoms with Gasteiger partial charge in [-0.15, -0.1) is 0 Å². The predicted octanol–water partition coefficient (Wildman–Crippen LogP) is 2.86. The highest BCUT2D eigenvalue weighted by molar-refractivity contribution is 5.94. The van der Waals surface area contributed by atoms with Crippen molar-refractivity contribution >= 4 is 17.6 Å². The molecule has 1 heterocycles. The quantitative estimate of drug-likeness (QED) is 0.354. The van der Waals surface area contributed by atoms with Crippen molar-refractivity contribution in [2.24, 2.45) is 4.99 Å². The second kappa shape index (κ2) is 11.2. The lowest BCUT2D eigenvalue weighted by molar-refractivity contribution is -0.124. The maximum Gasteiger partial charge on any atom is 0.253 e. The first-order valence-electron chi connectivity index (χ1n) is 10.3. The summed E-state index contributed by atoms with van der Waals surface area (Å²) in [6, 6.07) is 15.7. The Kier molecular flexibility index (Phi) is 8.09. The number of carbonyl (C=O) groups excluding carboxylic acids is 1.